The summed E-state index contributed by atoms with van der Waals surface area (Å²) in [6, 6.07) is 11.0. The van der Waals surface area contributed by atoms with Crippen LogP contribution in [0.5, 0.6) is 0 Å². The van der Waals surface area contributed by atoms with Crippen LogP contribution >= 0.6 is 0 Å². The Morgan fingerprint density at radius 1 is 1.25 bits per heavy atom. The summed E-state index contributed by atoms with van der Waals surface area (Å²) < 4.78 is 5.27. The lowest BCUT2D eigenvalue weighted by atomic mass is 10.1. The van der Waals surface area contributed by atoms with Gasteiger partial charge in [-0.1, -0.05) is 24.3 Å². The minimum Gasteiger partial charge on any atom is -0.459 e. The molecule has 1 atom stereocenters. The molecule has 0 saturated heterocycles. The zero-order valence-electron chi connectivity index (χ0n) is 12.1. The average Bonchev–Trinajstić information content (AvgIpc) is 2.36. The van der Waals surface area contributed by atoms with Gasteiger partial charge in [0.25, 0.3) is 0 Å². The van der Waals surface area contributed by atoms with E-state index in [9.17, 15) is 4.79 Å². The number of carbonyl (C=O) groups excluding carboxylic acids is 1. The Balaban J connectivity index is 2.09. The van der Waals surface area contributed by atoms with E-state index in [0.717, 1.165) is 16.6 Å². The quantitative estimate of drug-likeness (QED) is 0.872. The predicted octanol–water partition coefficient (Wildman–Crippen LogP) is 2.45. The maximum Gasteiger partial charge on any atom is 0.323 e. The van der Waals surface area contributed by atoms with Gasteiger partial charge in [0.1, 0.15) is 11.6 Å². The number of nitrogens with two attached hydrogens (primary N) is 1. The second kappa shape index (κ2) is 5.59. The molecule has 0 radical (unpaired) electrons. The molecule has 1 aromatic heterocycles. The van der Waals surface area contributed by atoms with E-state index >= 15 is 0 Å². The molecule has 1 heterocycles. The summed E-state index contributed by atoms with van der Waals surface area (Å²) in [6.45, 7) is 5.48. The fourth-order valence-corrected chi connectivity index (χ4v) is 1.91. The number of aromatic nitrogens is 1. The first-order chi connectivity index (χ1) is 9.35. The van der Waals surface area contributed by atoms with Crippen molar-refractivity contribution >= 4 is 16.9 Å². The second-order valence-corrected chi connectivity index (χ2v) is 5.84. The lowest BCUT2D eigenvalue weighted by Crippen LogP contribution is -2.39. The highest BCUT2D eigenvalue weighted by molar-refractivity contribution is 5.79. The highest BCUT2D eigenvalue weighted by Gasteiger charge is 2.22. The topological polar surface area (TPSA) is 65.2 Å². The van der Waals surface area contributed by atoms with Crippen molar-refractivity contribution in [3.05, 3.63) is 42.1 Å². The van der Waals surface area contributed by atoms with E-state index in [1.54, 1.807) is 0 Å². The monoisotopic (exact) mass is 272 g/mol. The maximum absolute atomic E-state index is 11.9. The molecule has 20 heavy (non-hydrogen) atoms. The van der Waals surface area contributed by atoms with E-state index in [2.05, 4.69) is 4.98 Å². The number of esters is 1. The van der Waals surface area contributed by atoms with Crippen molar-refractivity contribution in [2.45, 2.75) is 38.8 Å². The molecule has 4 heteroatoms. The lowest BCUT2D eigenvalue weighted by molar-refractivity contribution is -0.156. The van der Waals surface area contributed by atoms with Crippen LogP contribution in [0, 0.1) is 0 Å². The molecule has 106 valence electrons. The Morgan fingerprint density at radius 3 is 2.65 bits per heavy atom. The minimum absolute atomic E-state index is 0.375. The number of benzene rings is 1. The van der Waals surface area contributed by atoms with Crippen LogP contribution in [0.1, 0.15) is 26.5 Å². The Bertz CT molecular complexity index is 617. The van der Waals surface area contributed by atoms with Gasteiger partial charge in [-0.05, 0) is 32.9 Å². The lowest BCUT2D eigenvalue weighted by Gasteiger charge is -2.22. The summed E-state index contributed by atoms with van der Waals surface area (Å²) in [5.41, 5.74) is 7.06. The number of para-hydroxylation sites is 1. The first kappa shape index (κ1) is 14.5. The normalized spacial score (nSPS) is 13.2. The van der Waals surface area contributed by atoms with E-state index in [1.807, 2.05) is 57.2 Å². The van der Waals surface area contributed by atoms with Crippen LogP contribution in [0.2, 0.25) is 0 Å². The second-order valence-electron chi connectivity index (χ2n) is 5.84. The summed E-state index contributed by atoms with van der Waals surface area (Å²) in [7, 11) is 0. The van der Waals surface area contributed by atoms with Gasteiger partial charge < -0.3 is 10.5 Å². The number of pyridine rings is 1. The van der Waals surface area contributed by atoms with Gasteiger partial charge in [-0.25, -0.2) is 0 Å². The van der Waals surface area contributed by atoms with E-state index < -0.39 is 17.6 Å². The highest BCUT2D eigenvalue weighted by atomic mass is 16.6. The molecule has 1 aromatic carbocycles. The number of nitrogens with zero attached hydrogens (tertiary/aromatic N) is 1. The van der Waals surface area contributed by atoms with Gasteiger partial charge in [0.2, 0.25) is 0 Å². The largest absolute Gasteiger partial charge is 0.459 e. The number of rotatable bonds is 3. The van der Waals surface area contributed by atoms with Crippen molar-refractivity contribution < 1.29 is 9.53 Å². The Labute approximate surface area is 119 Å². The van der Waals surface area contributed by atoms with Crippen molar-refractivity contribution in [1.29, 1.82) is 0 Å². The van der Waals surface area contributed by atoms with Crippen molar-refractivity contribution in [1.82, 2.24) is 4.98 Å². The summed E-state index contributed by atoms with van der Waals surface area (Å²) in [6.07, 6.45) is 0.375. The van der Waals surface area contributed by atoms with Crippen molar-refractivity contribution in [2.75, 3.05) is 0 Å². The SMILES string of the molecule is CC(C)(C)OC(=O)[C@H](N)Cc1ccc2ccccc2n1. The minimum atomic E-state index is -0.692. The first-order valence-electron chi connectivity index (χ1n) is 6.68. The van der Waals surface area contributed by atoms with Gasteiger partial charge in [0, 0.05) is 17.5 Å². The third-order valence-electron chi connectivity index (χ3n) is 2.79. The number of hydrogen-bond donors (Lipinski definition) is 1. The van der Waals surface area contributed by atoms with Gasteiger partial charge in [-0.2, -0.15) is 0 Å². The number of fused-ring (bicyclic) bond motifs is 1. The Morgan fingerprint density at radius 2 is 1.95 bits per heavy atom. The van der Waals surface area contributed by atoms with E-state index in [-0.39, 0.29) is 0 Å². The van der Waals surface area contributed by atoms with Gasteiger partial charge >= 0.3 is 5.97 Å². The zero-order chi connectivity index (χ0) is 14.8. The molecule has 2 rings (SSSR count). The highest BCUT2D eigenvalue weighted by Crippen LogP contribution is 2.14. The third-order valence-corrected chi connectivity index (χ3v) is 2.79. The summed E-state index contributed by atoms with van der Waals surface area (Å²) >= 11 is 0. The van der Waals surface area contributed by atoms with Crippen LogP contribution in [-0.2, 0) is 16.0 Å². The molecular formula is C16H20N2O2. The molecule has 0 bridgehead atoms. The standard InChI is InChI=1S/C16H20N2O2/c1-16(2,3)20-15(19)13(17)10-12-9-8-11-6-4-5-7-14(11)18-12/h4-9,13H,10,17H2,1-3H3/t13-/m1/s1. The van der Waals surface area contributed by atoms with Crippen LogP contribution < -0.4 is 5.73 Å². The van der Waals surface area contributed by atoms with Crippen LogP contribution in [0.25, 0.3) is 10.9 Å². The molecule has 0 aliphatic carbocycles. The molecule has 4 nitrogen and oxygen atoms in total. The molecule has 2 aromatic rings. The maximum atomic E-state index is 11.9. The molecule has 0 aliphatic heterocycles. The summed E-state index contributed by atoms with van der Waals surface area (Å²) in [5, 5.41) is 1.07. The molecule has 0 aliphatic rings. The number of hydrogen-bond acceptors (Lipinski definition) is 4. The van der Waals surface area contributed by atoms with Crippen molar-refractivity contribution in [3.8, 4) is 0 Å². The Hall–Kier alpha value is -1.94. The smallest absolute Gasteiger partial charge is 0.323 e. The first-order valence-corrected chi connectivity index (χ1v) is 6.68. The van der Waals surface area contributed by atoms with E-state index in [4.69, 9.17) is 10.5 Å². The van der Waals surface area contributed by atoms with Crippen molar-refractivity contribution in [2.24, 2.45) is 5.73 Å². The predicted molar refractivity (Wildman–Crippen MR) is 79.3 cm³/mol. The van der Waals surface area contributed by atoms with E-state index in [0.29, 0.717) is 6.42 Å². The zero-order valence-corrected chi connectivity index (χ0v) is 12.1. The fraction of sp³-hybridized carbons (Fsp3) is 0.375. The molecule has 0 unspecified atom stereocenters. The average molecular weight is 272 g/mol. The summed E-state index contributed by atoms with van der Waals surface area (Å²) in [5.74, 6) is -0.396. The molecule has 0 saturated carbocycles. The number of ether oxygens (including phenoxy) is 1. The molecule has 2 N–H and O–H groups in total. The molecular weight excluding hydrogens is 252 g/mol. The number of carbonyl (C=O) groups is 1. The molecule has 0 fully saturated rings. The van der Waals surface area contributed by atoms with Gasteiger partial charge in [-0.15, -0.1) is 0 Å². The van der Waals surface area contributed by atoms with Gasteiger partial charge in [-0.3, -0.25) is 9.78 Å². The third kappa shape index (κ3) is 3.78. The van der Waals surface area contributed by atoms with Crippen LogP contribution in [0.15, 0.2) is 36.4 Å². The van der Waals surface area contributed by atoms with Crippen molar-refractivity contribution in [3.63, 3.8) is 0 Å². The van der Waals surface area contributed by atoms with E-state index in [1.165, 1.54) is 0 Å². The summed E-state index contributed by atoms with van der Waals surface area (Å²) in [4.78, 5) is 16.4. The van der Waals surface area contributed by atoms with Crippen LogP contribution in [0.4, 0.5) is 0 Å². The fourth-order valence-electron chi connectivity index (χ4n) is 1.91. The van der Waals surface area contributed by atoms with Gasteiger partial charge in [0.15, 0.2) is 0 Å². The van der Waals surface area contributed by atoms with Crippen LogP contribution in [-0.4, -0.2) is 22.6 Å². The molecule has 0 amide bonds. The Kier molecular flexibility index (Phi) is 4.04. The van der Waals surface area contributed by atoms with Crippen LogP contribution in [0.3, 0.4) is 0 Å². The molecule has 0 spiro atoms. The van der Waals surface area contributed by atoms with Gasteiger partial charge in [0.05, 0.1) is 5.52 Å².